The highest BCUT2D eigenvalue weighted by Gasteiger charge is 2.36. The van der Waals surface area contributed by atoms with Crippen molar-refractivity contribution in [2.75, 3.05) is 20.8 Å². The molecule has 1 atom stereocenters. The molecule has 0 aliphatic carbocycles. The average Bonchev–Trinajstić information content (AvgIpc) is 3.40. The quantitative estimate of drug-likeness (QED) is 0.135. The molecule has 8 nitrogen and oxygen atoms in total. The van der Waals surface area contributed by atoms with Gasteiger partial charge in [0.05, 0.1) is 36.6 Å². The Morgan fingerprint density at radius 1 is 0.958 bits per heavy atom. The molecule has 0 saturated heterocycles. The van der Waals surface area contributed by atoms with Crippen LogP contribution in [0, 0.1) is 0 Å². The molecule has 0 radical (unpaired) electrons. The summed E-state index contributed by atoms with van der Waals surface area (Å²) in [4.78, 5) is 33.2. The number of ether oxygens (including phenoxy) is 4. The minimum Gasteiger partial charge on any atom is -0.496 e. The van der Waals surface area contributed by atoms with Gasteiger partial charge in [-0.1, -0.05) is 89.1 Å². The van der Waals surface area contributed by atoms with E-state index >= 15 is 0 Å². The molecule has 5 aromatic rings. The summed E-state index contributed by atoms with van der Waals surface area (Å²) >= 11 is 4.84. The third kappa shape index (κ3) is 6.55. The highest BCUT2D eigenvalue weighted by atomic mass is 79.9. The summed E-state index contributed by atoms with van der Waals surface area (Å²) in [5.74, 6) is 1.17. The number of allylic oxidation sites excluding steroid dienone is 1. The summed E-state index contributed by atoms with van der Waals surface area (Å²) in [6.07, 6.45) is 3.11. The van der Waals surface area contributed by atoms with Crippen molar-refractivity contribution in [3.8, 4) is 17.2 Å². The molecular formula is C38H35BrN2O6S. The number of carbonyl (C=O) groups is 1. The molecule has 1 aliphatic heterocycles. The molecule has 48 heavy (non-hydrogen) atoms. The number of methoxy groups -OCH3 is 2. The largest absolute Gasteiger partial charge is 0.496 e. The van der Waals surface area contributed by atoms with E-state index in [0.29, 0.717) is 56.4 Å². The number of halogens is 1. The number of hydrogen-bond donors (Lipinski definition) is 0. The van der Waals surface area contributed by atoms with E-state index in [4.69, 9.17) is 23.9 Å². The predicted octanol–water partition coefficient (Wildman–Crippen LogP) is 7.09. The third-order valence-corrected chi connectivity index (χ3v) is 9.60. The number of esters is 1. The van der Waals surface area contributed by atoms with Crippen molar-refractivity contribution in [3.63, 3.8) is 0 Å². The van der Waals surface area contributed by atoms with Gasteiger partial charge in [-0.25, -0.2) is 9.79 Å². The number of aromatic nitrogens is 1. The van der Waals surface area contributed by atoms with Crippen molar-refractivity contribution < 1.29 is 23.7 Å². The average molecular weight is 728 g/mol. The second-order valence-corrected chi connectivity index (χ2v) is 13.1. The van der Waals surface area contributed by atoms with Crippen molar-refractivity contribution in [2.45, 2.75) is 39.3 Å². The Kier molecular flexibility index (Phi) is 10.1. The highest BCUT2D eigenvalue weighted by Crippen LogP contribution is 2.38. The van der Waals surface area contributed by atoms with Crippen LogP contribution in [0.25, 0.3) is 16.8 Å². The van der Waals surface area contributed by atoms with Gasteiger partial charge in [-0.15, -0.1) is 0 Å². The normalized spacial score (nSPS) is 14.4. The van der Waals surface area contributed by atoms with E-state index in [1.54, 1.807) is 25.7 Å². The lowest BCUT2D eigenvalue weighted by atomic mass is 9.93. The van der Waals surface area contributed by atoms with Crippen LogP contribution < -0.4 is 29.1 Å². The van der Waals surface area contributed by atoms with E-state index in [0.717, 1.165) is 32.8 Å². The molecular weight excluding hydrogens is 692 g/mol. The molecule has 0 spiro atoms. The van der Waals surface area contributed by atoms with Crippen LogP contribution >= 0.6 is 27.3 Å². The fourth-order valence-corrected chi connectivity index (χ4v) is 7.35. The van der Waals surface area contributed by atoms with Gasteiger partial charge in [0.15, 0.2) is 16.3 Å². The van der Waals surface area contributed by atoms with Gasteiger partial charge in [0, 0.05) is 10.0 Å². The first-order valence-corrected chi connectivity index (χ1v) is 17.3. The third-order valence-electron chi connectivity index (χ3n) is 8.13. The fourth-order valence-electron chi connectivity index (χ4n) is 5.95. The first-order chi connectivity index (χ1) is 23.4. The molecule has 1 aliphatic rings. The molecule has 0 amide bonds. The number of fused-ring (bicyclic) bond motifs is 2. The Labute approximate surface area is 290 Å². The summed E-state index contributed by atoms with van der Waals surface area (Å²) < 4.78 is 26.0. The monoisotopic (exact) mass is 726 g/mol. The standard InChI is InChI=1S/C38H35BrN2O6S/c1-5-10-29-34(37(43)46-6-2)35(28-21-26(39)16-18-30(28)44-3)41-36(42)33(48-38(41)40-29)20-23-15-17-31(32(19-23)45-4)47-22-25-13-9-12-24-11-7-8-14-27(24)25/h7-9,11-21,35H,5-6,10,22H2,1-4H3/b33-20+/t35-/m1/s1. The molecule has 0 fully saturated rings. The molecule has 4 aromatic carbocycles. The Morgan fingerprint density at radius 3 is 2.50 bits per heavy atom. The second kappa shape index (κ2) is 14.6. The van der Waals surface area contributed by atoms with Crippen LogP contribution in [-0.4, -0.2) is 31.4 Å². The van der Waals surface area contributed by atoms with Crippen LogP contribution in [0.4, 0.5) is 0 Å². The molecule has 2 heterocycles. The molecule has 246 valence electrons. The molecule has 10 heteroatoms. The molecule has 0 unspecified atom stereocenters. The van der Waals surface area contributed by atoms with E-state index in [2.05, 4.69) is 40.2 Å². The van der Waals surface area contributed by atoms with Crippen LogP contribution in [0.1, 0.15) is 49.4 Å². The summed E-state index contributed by atoms with van der Waals surface area (Å²) in [5.41, 5.74) is 3.14. The number of hydrogen-bond acceptors (Lipinski definition) is 8. The number of carbonyl (C=O) groups excluding carboxylic acids is 1. The van der Waals surface area contributed by atoms with Gasteiger partial charge in [0.2, 0.25) is 0 Å². The maximum atomic E-state index is 14.3. The Balaban J connectivity index is 1.42. The van der Waals surface area contributed by atoms with Gasteiger partial charge in [-0.3, -0.25) is 9.36 Å². The van der Waals surface area contributed by atoms with Gasteiger partial charge in [0.1, 0.15) is 18.4 Å². The Hall–Kier alpha value is -4.67. The molecule has 1 aromatic heterocycles. The van der Waals surface area contributed by atoms with E-state index in [-0.39, 0.29) is 12.2 Å². The van der Waals surface area contributed by atoms with Crippen molar-refractivity contribution in [1.82, 2.24) is 4.57 Å². The summed E-state index contributed by atoms with van der Waals surface area (Å²) in [5, 5.41) is 2.29. The zero-order valence-corrected chi connectivity index (χ0v) is 29.5. The predicted molar refractivity (Wildman–Crippen MR) is 192 cm³/mol. The maximum Gasteiger partial charge on any atom is 0.338 e. The van der Waals surface area contributed by atoms with Gasteiger partial charge in [-0.2, -0.15) is 0 Å². The van der Waals surface area contributed by atoms with Crippen molar-refractivity contribution >= 4 is 50.1 Å². The minimum atomic E-state index is -0.796. The number of thiazole rings is 1. The maximum absolute atomic E-state index is 14.3. The van der Waals surface area contributed by atoms with Gasteiger partial charge in [0.25, 0.3) is 5.56 Å². The van der Waals surface area contributed by atoms with Crippen LogP contribution in [0.15, 0.2) is 104 Å². The van der Waals surface area contributed by atoms with Crippen molar-refractivity contribution in [1.29, 1.82) is 0 Å². The smallest absolute Gasteiger partial charge is 0.338 e. The van der Waals surface area contributed by atoms with Crippen LogP contribution in [0.3, 0.4) is 0 Å². The second-order valence-electron chi connectivity index (χ2n) is 11.1. The van der Waals surface area contributed by atoms with E-state index in [9.17, 15) is 9.59 Å². The van der Waals surface area contributed by atoms with Crippen LogP contribution in [-0.2, 0) is 16.1 Å². The first-order valence-electron chi connectivity index (χ1n) is 15.7. The number of benzene rings is 4. The first kappa shape index (κ1) is 33.2. The topological polar surface area (TPSA) is 88.4 Å². The van der Waals surface area contributed by atoms with Gasteiger partial charge in [-0.05, 0) is 71.7 Å². The van der Waals surface area contributed by atoms with Crippen molar-refractivity contribution in [2.24, 2.45) is 4.99 Å². The summed E-state index contributed by atoms with van der Waals surface area (Å²) in [6, 6.07) is 24.7. The van der Waals surface area contributed by atoms with E-state index in [1.165, 1.54) is 11.3 Å². The minimum absolute atomic E-state index is 0.192. The lowest BCUT2D eigenvalue weighted by Crippen LogP contribution is -2.40. The van der Waals surface area contributed by atoms with Crippen molar-refractivity contribution in [3.05, 3.63) is 131 Å². The highest BCUT2D eigenvalue weighted by molar-refractivity contribution is 9.10. The number of rotatable bonds is 11. The van der Waals surface area contributed by atoms with Gasteiger partial charge < -0.3 is 18.9 Å². The lowest BCUT2D eigenvalue weighted by molar-refractivity contribution is -0.139. The number of nitrogens with zero attached hydrogens (tertiary/aromatic N) is 2. The SMILES string of the molecule is CCCC1=C(C(=O)OCC)[C@@H](c2cc(Br)ccc2OC)n2c(s/c(=C/c3ccc(OCc4cccc5ccccc45)c(OC)c3)c2=O)=N1. The van der Waals surface area contributed by atoms with Gasteiger partial charge >= 0.3 is 5.97 Å². The van der Waals surface area contributed by atoms with Crippen LogP contribution in [0.2, 0.25) is 0 Å². The zero-order valence-electron chi connectivity index (χ0n) is 27.1. The Bertz CT molecular complexity index is 2220. The lowest BCUT2D eigenvalue weighted by Gasteiger charge is -2.27. The molecule has 0 bridgehead atoms. The fraction of sp³-hybridized carbons (Fsp3) is 0.237. The zero-order chi connectivity index (χ0) is 33.8. The van der Waals surface area contributed by atoms with E-state index < -0.39 is 12.0 Å². The molecule has 0 saturated carbocycles. The Morgan fingerprint density at radius 2 is 1.73 bits per heavy atom. The van der Waals surface area contributed by atoms with Crippen LogP contribution in [0.5, 0.6) is 17.2 Å². The van der Waals surface area contributed by atoms with E-state index in [1.807, 2.05) is 67.6 Å². The molecule has 0 N–H and O–H groups in total. The molecule has 6 rings (SSSR count). The summed E-state index contributed by atoms with van der Waals surface area (Å²) in [6.45, 7) is 4.35. The summed E-state index contributed by atoms with van der Waals surface area (Å²) in [7, 11) is 3.16.